The molecule has 0 aliphatic heterocycles. The van der Waals surface area contributed by atoms with Gasteiger partial charge in [0.15, 0.2) is 17.5 Å². The van der Waals surface area contributed by atoms with Gasteiger partial charge in [0.25, 0.3) is 0 Å². The summed E-state index contributed by atoms with van der Waals surface area (Å²) in [5.74, 6) is 4.61. The highest BCUT2D eigenvalue weighted by molar-refractivity contribution is 5.79. The van der Waals surface area contributed by atoms with E-state index < -0.39 is 0 Å². The predicted molar refractivity (Wildman–Crippen MR) is 113 cm³/mol. The number of nitrogens with one attached hydrogen (secondary N) is 2. The number of terminal acetylenes is 1. The minimum atomic E-state index is 0.205. The van der Waals surface area contributed by atoms with Crippen LogP contribution in [-0.2, 0) is 11.3 Å². The number of methoxy groups -OCH3 is 2. The lowest BCUT2D eigenvalue weighted by Crippen LogP contribution is -2.46. The number of nitrogens with zero attached hydrogens (tertiary/aromatic N) is 1. The van der Waals surface area contributed by atoms with Crippen molar-refractivity contribution in [2.45, 2.75) is 39.2 Å². The molecular weight excluding hydrogens is 354 g/mol. The van der Waals surface area contributed by atoms with Crippen molar-refractivity contribution in [2.75, 3.05) is 40.5 Å². The smallest absolute Gasteiger partial charge is 0.191 e. The Hall–Kier alpha value is -2.39. The fourth-order valence-corrected chi connectivity index (χ4v) is 3.35. The monoisotopic (exact) mass is 387 g/mol. The van der Waals surface area contributed by atoms with E-state index in [9.17, 15) is 0 Å². The highest BCUT2D eigenvalue weighted by Gasteiger charge is 2.36. The summed E-state index contributed by atoms with van der Waals surface area (Å²) >= 11 is 0. The zero-order chi connectivity index (χ0) is 20.2. The van der Waals surface area contributed by atoms with E-state index in [1.165, 1.54) is 19.3 Å². The van der Waals surface area contributed by atoms with Gasteiger partial charge in [-0.3, -0.25) is 0 Å². The third kappa shape index (κ3) is 6.35. The van der Waals surface area contributed by atoms with Crippen LogP contribution in [0.4, 0.5) is 0 Å². The molecule has 0 spiro atoms. The summed E-state index contributed by atoms with van der Waals surface area (Å²) in [6, 6.07) is 5.79. The van der Waals surface area contributed by atoms with Crippen LogP contribution < -0.4 is 20.1 Å². The summed E-state index contributed by atoms with van der Waals surface area (Å²) in [7, 11) is 3.38. The lowest BCUT2D eigenvalue weighted by Gasteiger charge is -2.42. The van der Waals surface area contributed by atoms with Gasteiger partial charge in [-0.25, -0.2) is 4.99 Å². The largest absolute Gasteiger partial charge is 0.493 e. The van der Waals surface area contributed by atoms with E-state index in [1.807, 2.05) is 18.2 Å². The van der Waals surface area contributed by atoms with Gasteiger partial charge in [-0.05, 0) is 49.3 Å². The number of guanidine groups is 1. The first-order valence-electron chi connectivity index (χ1n) is 9.90. The quantitative estimate of drug-likeness (QED) is 0.347. The molecule has 6 heteroatoms. The van der Waals surface area contributed by atoms with Gasteiger partial charge < -0.3 is 24.8 Å². The third-order valence-corrected chi connectivity index (χ3v) is 5.18. The number of rotatable bonds is 11. The van der Waals surface area contributed by atoms with Gasteiger partial charge in [-0.1, -0.05) is 18.4 Å². The normalized spacial score (nSPS) is 15.3. The zero-order valence-corrected chi connectivity index (χ0v) is 17.3. The van der Waals surface area contributed by atoms with E-state index in [0.717, 1.165) is 37.6 Å². The van der Waals surface area contributed by atoms with Crippen molar-refractivity contribution in [1.29, 1.82) is 0 Å². The molecule has 0 amide bonds. The Bertz CT molecular complexity index is 678. The summed E-state index contributed by atoms with van der Waals surface area (Å²) in [5, 5.41) is 6.84. The Morgan fingerprint density at radius 3 is 2.68 bits per heavy atom. The number of hydrogen-bond donors (Lipinski definition) is 2. The first kappa shape index (κ1) is 21.9. The van der Waals surface area contributed by atoms with Crippen LogP contribution in [0.5, 0.6) is 11.5 Å². The number of benzene rings is 1. The molecule has 0 atom stereocenters. The van der Waals surface area contributed by atoms with Crippen LogP contribution in [-0.4, -0.2) is 46.5 Å². The molecule has 0 aromatic heterocycles. The van der Waals surface area contributed by atoms with Crippen molar-refractivity contribution in [3.8, 4) is 23.8 Å². The van der Waals surface area contributed by atoms with Crippen LogP contribution in [0.3, 0.4) is 0 Å². The second-order valence-corrected chi connectivity index (χ2v) is 7.12. The molecule has 0 heterocycles. The Labute approximate surface area is 169 Å². The lowest BCUT2D eigenvalue weighted by molar-refractivity contribution is 0.0732. The van der Waals surface area contributed by atoms with E-state index in [1.54, 1.807) is 14.2 Å². The first-order chi connectivity index (χ1) is 13.7. The highest BCUT2D eigenvalue weighted by atomic mass is 16.5. The summed E-state index contributed by atoms with van der Waals surface area (Å²) in [6.45, 7) is 5.35. The molecule has 1 aliphatic carbocycles. The van der Waals surface area contributed by atoms with Gasteiger partial charge in [0.05, 0.1) is 13.7 Å². The Morgan fingerprint density at radius 2 is 2.07 bits per heavy atom. The van der Waals surface area contributed by atoms with Gasteiger partial charge in [0, 0.05) is 26.8 Å². The Kier molecular flexibility index (Phi) is 8.96. The molecule has 0 bridgehead atoms. The maximum Gasteiger partial charge on any atom is 0.191 e. The SMILES string of the molecule is C#CCOc1cc(CN=C(NCC)NCC2(CCOC)CCC2)ccc1OC. The summed E-state index contributed by atoms with van der Waals surface area (Å²) in [6.07, 6.45) is 10.2. The molecule has 154 valence electrons. The molecule has 1 saturated carbocycles. The summed E-state index contributed by atoms with van der Waals surface area (Å²) in [5.41, 5.74) is 1.37. The maximum absolute atomic E-state index is 5.57. The second-order valence-electron chi connectivity index (χ2n) is 7.12. The molecule has 0 radical (unpaired) electrons. The van der Waals surface area contributed by atoms with Crippen molar-refractivity contribution in [3.05, 3.63) is 23.8 Å². The molecule has 2 N–H and O–H groups in total. The third-order valence-electron chi connectivity index (χ3n) is 5.18. The van der Waals surface area contributed by atoms with E-state index >= 15 is 0 Å². The second kappa shape index (κ2) is 11.5. The van der Waals surface area contributed by atoms with Crippen molar-refractivity contribution in [1.82, 2.24) is 10.6 Å². The highest BCUT2D eigenvalue weighted by Crippen LogP contribution is 2.43. The van der Waals surface area contributed by atoms with Crippen molar-refractivity contribution < 1.29 is 14.2 Å². The minimum Gasteiger partial charge on any atom is -0.493 e. The molecule has 1 aromatic rings. The van der Waals surface area contributed by atoms with Crippen LogP contribution in [0, 0.1) is 17.8 Å². The molecule has 1 aliphatic rings. The Morgan fingerprint density at radius 1 is 1.25 bits per heavy atom. The van der Waals surface area contributed by atoms with Gasteiger partial charge in [-0.15, -0.1) is 6.42 Å². The molecule has 28 heavy (non-hydrogen) atoms. The van der Waals surface area contributed by atoms with Crippen molar-refractivity contribution in [3.63, 3.8) is 0 Å². The number of hydrogen-bond acceptors (Lipinski definition) is 4. The van der Waals surface area contributed by atoms with Crippen LogP contribution in [0.15, 0.2) is 23.2 Å². The summed E-state index contributed by atoms with van der Waals surface area (Å²) < 4.78 is 16.2. The minimum absolute atomic E-state index is 0.205. The van der Waals surface area contributed by atoms with E-state index in [2.05, 4.69) is 23.5 Å². The van der Waals surface area contributed by atoms with E-state index in [0.29, 0.717) is 23.5 Å². The van der Waals surface area contributed by atoms with Crippen molar-refractivity contribution in [2.24, 2.45) is 10.4 Å². The molecule has 0 saturated heterocycles. The van der Waals surface area contributed by atoms with E-state index in [-0.39, 0.29) is 6.61 Å². The molecule has 1 aromatic carbocycles. The number of aliphatic imine (C=N–C) groups is 1. The van der Waals surface area contributed by atoms with Crippen LogP contribution in [0.2, 0.25) is 0 Å². The van der Waals surface area contributed by atoms with Gasteiger partial charge in [-0.2, -0.15) is 0 Å². The van der Waals surface area contributed by atoms with E-state index in [4.69, 9.17) is 25.6 Å². The average molecular weight is 388 g/mol. The summed E-state index contributed by atoms with van der Waals surface area (Å²) in [4.78, 5) is 4.73. The average Bonchev–Trinajstić information content (AvgIpc) is 2.69. The zero-order valence-electron chi connectivity index (χ0n) is 17.3. The fraction of sp³-hybridized carbons (Fsp3) is 0.591. The van der Waals surface area contributed by atoms with Crippen LogP contribution in [0.25, 0.3) is 0 Å². The maximum atomic E-state index is 5.57. The molecular formula is C22H33N3O3. The molecule has 2 rings (SSSR count). The first-order valence-corrected chi connectivity index (χ1v) is 9.90. The van der Waals surface area contributed by atoms with Gasteiger partial charge in [0.2, 0.25) is 0 Å². The van der Waals surface area contributed by atoms with Crippen LogP contribution in [0.1, 0.15) is 38.2 Å². The standard InChI is InChI=1S/C22H33N3O3/c1-5-13-28-20-15-18(8-9-19(20)27-4)16-24-21(23-6-2)25-17-22(10-7-11-22)12-14-26-3/h1,8-9,15H,6-7,10-14,16-17H2,2-4H3,(H2,23,24,25). The lowest BCUT2D eigenvalue weighted by atomic mass is 9.67. The molecule has 1 fully saturated rings. The van der Waals surface area contributed by atoms with Gasteiger partial charge >= 0.3 is 0 Å². The van der Waals surface area contributed by atoms with Crippen molar-refractivity contribution >= 4 is 5.96 Å². The fourth-order valence-electron chi connectivity index (χ4n) is 3.35. The van der Waals surface area contributed by atoms with Crippen LogP contribution >= 0.6 is 0 Å². The predicted octanol–water partition coefficient (Wildman–Crippen LogP) is 2.97. The topological polar surface area (TPSA) is 64.1 Å². The molecule has 0 unspecified atom stereocenters. The Balaban J connectivity index is 2.00. The molecule has 6 nitrogen and oxygen atoms in total. The van der Waals surface area contributed by atoms with Gasteiger partial charge in [0.1, 0.15) is 6.61 Å². The number of ether oxygens (including phenoxy) is 3.